The van der Waals surface area contributed by atoms with Crippen LogP contribution in [0.2, 0.25) is 0 Å². The Hall–Kier alpha value is -2.01. The van der Waals surface area contributed by atoms with Gasteiger partial charge in [0.25, 0.3) is 0 Å². The number of benzene rings is 2. The van der Waals surface area contributed by atoms with Crippen LogP contribution in [0.4, 0.5) is 13.2 Å². The third kappa shape index (κ3) is 4.49. The molecule has 0 saturated carbocycles. The molecule has 118 valence electrons. The second-order valence-electron chi connectivity index (χ2n) is 4.67. The molecule has 2 rings (SSSR count). The van der Waals surface area contributed by atoms with Gasteiger partial charge in [0.1, 0.15) is 11.9 Å². The molecular formula is C17H18F3NO. The molecule has 0 fully saturated rings. The molecule has 5 heteroatoms. The van der Waals surface area contributed by atoms with E-state index in [9.17, 15) is 13.2 Å². The lowest BCUT2D eigenvalue weighted by Crippen LogP contribution is -2.16. The van der Waals surface area contributed by atoms with E-state index in [1.54, 1.807) is 24.3 Å². The number of rotatable bonds is 6. The van der Waals surface area contributed by atoms with Gasteiger partial charge in [0.05, 0.1) is 5.56 Å². The van der Waals surface area contributed by atoms with Gasteiger partial charge in [0.2, 0.25) is 0 Å². The van der Waals surface area contributed by atoms with E-state index in [2.05, 4.69) is 5.32 Å². The zero-order valence-electron chi connectivity index (χ0n) is 14.0. The highest BCUT2D eigenvalue weighted by Crippen LogP contribution is 2.31. The standard InChI is InChI=1S/C17H18F3NO/c1-21-12-11-16(13-5-3-2-4-6-13)22-15-9-7-14(8-10-15)17(18,19)20/h2-10,16,21H,11-12H2,1H3/t16-/m1/s1/i12D2. The molecule has 0 unspecified atom stereocenters. The van der Waals surface area contributed by atoms with Crippen molar-refractivity contribution in [1.82, 2.24) is 5.32 Å². The van der Waals surface area contributed by atoms with Crippen LogP contribution in [0.5, 0.6) is 5.75 Å². The Morgan fingerprint density at radius 3 is 2.27 bits per heavy atom. The van der Waals surface area contributed by atoms with Gasteiger partial charge in [-0.3, -0.25) is 0 Å². The molecular weight excluding hydrogens is 291 g/mol. The quantitative estimate of drug-likeness (QED) is 0.852. The van der Waals surface area contributed by atoms with Crippen LogP contribution in [-0.2, 0) is 6.18 Å². The lowest BCUT2D eigenvalue weighted by Gasteiger charge is -2.20. The molecule has 1 atom stereocenters. The summed E-state index contributed by atoms with van der Waals surface area (Å²) >= 11 is 0. The maximum absolute atomic E-state index is 12.6. The third-order valence-corrected chi connectivity index (χ3v) is 3.10. The van der Waals surface area contributed by atoms with Crippen molar-refractivity contribution in [2.75, 3.05) is 13.5 Å². The highest BCUT2D eigenvalue weighted by molar-refractivity contribution is 5.30. The molecule has 0 aliphatic carbocycles. The Balaban J connectivity index is 2.22. The summed E-state index contributed by atoms with van der Waals surface area (Å²) < 4.78 is 59.3. The van der Waals surface area contributed by atoms with E-state index in [1.165, 1.54) is 19.2 Å². The van der Waals surface area contributed by atoms with E-state index in [1.807, 2.05) is 6.07 Å². The zero-order valence-corrected chi connectivity index (χ0v) is 12.0. The summed E-state index contributed by atoms with van der Waals surface area (Å²) in [5, 5.41) is 2.56. The molecule has 2 aromatic rings. The summed E-state index contributed by atoms with van der Waals surface area (Å²) in [6.45, 7) is -1.67. The van der Waals surface area contributed by atoms with Crippen molar-refractivity contribution >= 4 is 0 Å². The minimum Gasteiger partial charge on any atom is -0.486 e. The van der Waals surface area contributed by atoms with Crippen LogP contribution in [0.25, 0.3) is 0 Å². The van der Waals surface area contributed by atoms with Crippen LogP contribution in [-0.4, -0.2) is 13.5 Å². The first-order valence-electron chi connectivity index (χ1n) is 7.79. The Bertz CT molecular complexity index is 645. The lowest BCUT2D eigenvalue weighted by atomic mass is 10.1. The number of alkyl halides is 3. The monoisotopic (exact) mass is 311 g/mol. The zero-order chi connectivity index (χ0) is 17.8. The maximum Gasteiger partial charge on any atom is 0.416 e. The summed E-state index contributed by atoms with van der Waals surface area (Å²) in [7, 11) is 1.50. The Labute approximate surface area is 130 Å². The first kappa shape index (κ1) is 13.6. The summed E-state index contributed by atoms with van der Waals surface area (Å²) in [5.41, 5.74) is -0.00631. The summed E-state index contributed by atoms with van der Waals surface area (Å²) in [4.78, 5) is 0. The predicted octanol–water partition coefficient (Wildman–Crippen LogP) is 4.44. The molecule has 0 aromatic heterocycles. The highest BCUT2D eigenvalue weighted by Gasteiger charge is 2.30. The van der Waals surface area contributed by atoms with E-state index < -0.39 is 24.3 Å². The first-order valence-corrected chi connectivity index (χ1v) is 6.79. The Morgan fingerprint density at radius 1 is 1.09 bits per heavy atom. The molecule has 2 nitrogen and oxygen atoms in total. The minimum absolute atomic E-state index is 0.00847. The molecule has 0 amide bonds. The SMILES string of the molecule is [2H]C([2H])(C[C@@H](Oc1ccc(C(F)(F)F)cc1)c1ccccc1)NC. The predicted molar refractivity (Wildman–Crippen MR) is 79.8 cm³/mol. The topological polar surface area (TPSA) is 21.3 Å². The second kappa shape index (κ2) is 7.31. The van der Waals surface area contributed by atoms with Gasteiger partial charge < -0.3 is 10.1 Å². The van der Waals surface area contributed by atoms with Crippen molar-refractivity contribution in [1.29, 1.82) is 0 Å². The van der Waals surface area contributed by atoms with Crippen molar-refractivity contribution in [2.24, 2.45) is 0 Å². The van der Waals surface area contributed by atoms with Crippen LogP contribution < -0.4 is 10.1 Å². The average molecular weight is 311 g/mol. The fourth-order valence-electron chi connectivity index (χ4n) is 1.98. The number of nitrogens with one attached hydrogen (secondary N) is 1. The molecule has 2 aromatic carbocycles. The van der Waals surface area contributed by atoms with E-state index >= 15 is 0 Å². The van der Waals surface area contributed by atoms with E-state index in [-0.39, 0.29) is 12.2 Å². The third-order valence-electron chi connectivity index (χ3n) is 3.10. The number of halogens is 3. The van der Waals surface area contributed by atoms with Gasteiger partial charge in [-0.05, 0) is 43.4 Å². The van der Waals surface area contributed by atoms with Gasteiger partial charge in [0.15, 0.2) is 0 Å². The molecule has 0 bridgehead atoms. The van der Waals surface area contributed by atoms with Crippen molar-refractivity contribution in [3.8, 4) is 5.75 Å². The van der Waals surface area contributed by atoms with E-state index in [4.69, 9.17) is 7.48 Å². The maximum atomic E-state index is 12.6. The van der Waals surface area contributed by atoms with Crippen molar-refractivity contribution in [3.05, 3.63) is 65.7 Å². The molecule has 0 radical (unpaired) electrons. The van der Waals surface area contributed by atoms with Gasteiger partial charge in [-0.25, -0.2) is 0 Å². The Kier molecular flexibility index (Phi) is 4.53. The fraction of sp³-hybridized carbons (Fsp3) is 0.294. The van der Waals surface area contributed by atoms with Crippen molar-refractivity contribution in [2.45, 2.75) is 18.7 Å². The van der Waals surface area contributed by atoms with Gasteiger partial charge in [-0.15, -0.1) is 0 Å². The molecule has 0 spiro atoms. The van der Waals surface area contributed by atoms with Crippen LogP contribution >= 0.6 is 0 Å². The minimum atomic E-state index is -4.40. The van der Waals surface area contributed by atoms with Crippen molar-refractivity contribution < 1.29 is 20.6 Å². The first-order chi connectivity index (χ1) is 11.2. The molecule has 22 heavy (non-hydrogen) atoms. The van der Waals surface area contributed by atoms with Crippen LogP contribution in [0.15, 0.2) is 54.6 Å². The van der Waals surface area contributed by atoms with Crippen LogP contribution in [0, 0.1) is 0 Å². The van der Waals surface area contributed by atoms with Gasteiger partial charge in [-0.1, -0.05) is 30.3 Å². The number of hydrogen-bond donors (Lipinski definition) is 1. The summed E-state index contributed by atoms with van der Waals surface area (Å²) in [6, 6.07) is 13.4. The van der Waals surface area contributed by atoms with Crippen LogP contribution in [0.1, 0.15) is 26.4 Å². The van der Waals surface area contributed by atoms with E-state index in [0.717, 1.165) is 17.7 Å². The molecule has 0 saturated heterocycles. The van der Waals surface area contributed by atoms with Gasteiger partial charge in [0, 0.05) is 9.16 Å². The fourth-order valence-corrected chi connectivity index (χ4v) is 1.98. The number of ether oxygens (including phenoxy) is 1. The second-order valence-corrected chi connectivity index (χ2v) is 4.67. The molecule has 0 aliphatic heterocycles. The smallest absolute Gasteiger partial charge is 0.416 e. The normalized spacial score (nSPS) is 14.9. The summed E-state index contributed by atoms with van der Waals surface area (Å²) in [6.07, 6.45) is -5.03. The molecule has 1 N–H and O–H groups in total. The number of hydrogen-bond acceptors (Lipinski definition) is 2. The van der Waals surface area contributed by atoms with E-state index in [0.29, 0.717) is 0 Å². The lowest BCUT2D eigenvalue weighted by molar-refractivity contribution is -0.137. The van der Waals surface area contributed by atoms with Gasteiger partial charge >= 0.3 is 6.18 Å². The molecule has 0 heterocycles. The summed E-state index contributed by atoms with van der Waals surface area (Å²) in [5.74, 6) is 0.253. The van der Waals surface area contributed by atoms with Crippen molar-refractivity contribution in [3.63, 3.8) is 0 Å². The Morgan fingerprint density at radius 2 is 1.73 bits per heavy atom. The largest absolute Gasteiger partial charge is 0.486 e. The van der Waals surface area contributed by atoms with Gasteiger partial charge in [-0.2, -0.15) is 13.2 Å². The highest BCUT2D eigenvalue weighted by atomic mass is 19.4. The average Bonchev–Trinajstić information content (AvgIpc) is 2.54. The molecule has 0 aliphatic rings. The van der Waals surface area contributed by atoms with Crippen LogP contribution in [0.3, 0.4) is 0 Å².